The quantitative estimate of drug-likeness (QED) is 0.671. The van der Waals surface area contributed by atoms with Gasteiger partial charge in [0.05, 0.1) is 11.3 Å². The van der Waals surface area contributed by atoms with E-state index in [1.54, 1.807) is 32.9 Å². The molecule has 0 bridgehead atoms. The van der Waals surface area contributed by atoms with E-state index in [0.717, 1.165) is 5.56 Å². The van der Waals surface area contributed by atoms with Gasteiger partial charge in [-0.25, -0.2) is 23.1 Å². The Morgan fingerprint density at radius 3 is 2.10 bits per heavy atom. The third-order valence-electron chi connectivity index (χ3n) is 3.81. The monoisotopic (exact) mass is 410 g/mol. The molecule has 0 aliphatic heterocycles. The predicted molar refractivity (Wildman–Crippen MR) is 112 cm³/mol. The standard InChI is InChI=1S/C21H22N4O3S/c1-21(2,3)25-29(27,28)18-12-8-7-11-17(18)24-20(26)16-13-22-19(23-14-16)15-9-5-4-6-10-15/h4-14,25H,1-3H3,(H,24,26). The Morgan fingerprint density at radius 1 is 0.897 bits per heavy atom. The SMILES string of the molecule is CC(C)(C)NS(=O)(=O)c1ccccc1NC(=O)c1cnc(-c2ccccc2)nc1. The van der Waals surface area contributed by atoms with Gasteiger partial charge in [0, 0.05) is 23.5 Å². The molecule has 150 valence electrons. The van der Waals surface area contributed by atoms with Crippen molar-refractivity contribution in [1.29, 1.82) is 0 Å². The highest BCUT2D eigenvalue weighted by molar-refractivity contribution is 7.89. The molecule has 0 aliphatic carbocycles. The van der Waals surface area contributed by atoms with E-state index in [0.29, 0.717) is 5.82 Å². The van der Waals surface area contributed by atoms with Crippen LogP contribution in [0.4, 0.5) is 5.69 Å². The van der Waals surface area contributed by atoms with Crippen molar-refractivity contribution in [3.8, 4) is 11.4 Å². The Labute approximate surface area is 170 Å². The first-order valence-electron chi connectivity index (χ1n) is 8.97. The van der Waals surface area contributed by atoms with Crippen molar-refractivity contribution >= 4 is 21.6 Å². The lowest BCUT2D eigenvalue weighted by atomic mass is 10.1. The summed E-state index contributed by atoms with van der Waals surface area (Å²) in [7, 11) is -3.82. The van der Waals surface area contributed by atoms with Crippen LogP contribution in [0.25, 0.3) is 11.4 Å². The molecule has 8 heteroatoms. The van der Waals surface area contributed by atoms with Crippen LogP contribution in [-0.4, -0.2) is 29.8 Å². The summed E-state index contributed by atoms with van der Waals surface area (Å²) in [6.45, 7) is 5.24. The smallest absolute Gasteiger partial charge is 0.258 e. The van der Waals surface area contributed by atoms with Gasteiger partial charge in [-0.15, -0.1) is 0 Å². The third kappa shape index (κ3) is 5.24. The molecule has 0 saturated heterocycles. The van der Waals surface area contributed by atoms with Gasteiger partial charge in [-0.1, -0.05) is 42.5 Å². The molecule has 2 N–H and O–H groups in total. The first-order chi connectivity index (χ1) is 13.7. The summed E-state index contributed by atoms with van der Waals surface area (Å²) in [5, 5.41) is 2.64. The number of benzene rings is 2. The van der Waals surface area contributed by atoms with Crippen molar-refractivity contribution in [1.82, 2.24) is 14.7 Å². The van der Waals surface area contributed by atoms with E-state index in [2.05, 4.69) is 20.0 Å². The number of anilines is 1. The summed E-state index contributed by atoms with van der Waals surface area (Å²) in [5.41, 5.74) is 0.586. The molecule has 29 heavy (non-hydrogen) atoms. The van der Waals surface area contributed by atoms with Crippen LogP contribution in [0.2, 0.25) is 0 Å². The molecule has 0 aliphatic rings. The summed E-state index contributed by atoms with van der Waals surface area (Å²) in [5.74, 6) is 0.00234. The molecule has 3 aromatic rings. The van der Waals surface area contributed by atoms with Gasteiger partial charge in [-0.2, -0.15) is 0 Å². The van der Waals surface area contributed by atoms with Crippen LogP contribution in [0.1, 0.15) is 31.1 Å². The summed E-state index contributed by atoms with van der Waals surface area (Å²) < 4.78 is 28.0. The van der Waals surface area contributed by atoms with Crippen LogP contribution in [0, 0.1) is 0 Å². The van der Waals surface area contributed by atoms with E-state index in [1.807, 2.05) is 30.3 Å². The fourth-order valence-electron chi connectivity index (χ4n) is 2.64. The molecule has 1 aromatic heterocycles. The number of sulfonamides is 1. The zero-order valence-electron chi connectivity index (χ0n) is 16.4. The molecule has 3 rings (SSSR count). The fourth-order valence-corrected chi connectivity index (χ4v) is 4.22. The predicted octanol–water partition coefficient (Wildman–Crippen LogP) is 3.47. The average molecular weight is 410 g/mol. The Balaban J connectivity index is 1.83. The molecule has 0 unspecified atom stereocenters. The maximum Gasteiger partial charge on any atom is 0.258 e. The van der Waals surface area contributed by atoms with E-state index < -0.39 is 21.5 Å². The number of carbonyl (C=O) groups excluding carboxylic acids is 1. The van der Waals surface area contributed by atoms with Gasteiger partial charge in [-0.05, 0) is 32.9 Å². The van der Waals surface area contributed by atoms with Gasteiger partial charge in [0.15, 0.2) is 5.82 Å². The Kier molecular flexibility index (Phi) is 5.76. The maximum absolute atomic E-state index is 12.7. The largest absolute Gasteiger partial charge is 0.321 e. The number of hydrogen-bond acceptors (Lipinski definition) is 5. The van der Waals surface area contributed by atoms with Gasteiger partial charge in [0.1, 0.15) is 4.90 Å². The zero-order chi connectivity index (χ0) is 21.1. The van der Waals surface area contributed by atoms with Crippen molar-refractivity contribution in [2.75, 3.05) is 5.32 Å². The van der Waals surface area contributed by atoms with Crippen molar-refractivity contribution in [3.63, 3.8) is 0 Å². The van der Waals surface area contributed by atoms with Crippen LogP contribution in [0.5, 0.6) is 0 Å². The highest BCUT2D eigenvalue weighted by atomic mass is 32.2. The van der Waals surface area contributed by atoms with E-state index >= 15 is 0 Å². The fraction of sp³-hybridized carbons (Fsp3) is 0.190. The van der Waals surface area contributed by atoms with Gasteiger partial charge in [-0.3, -0.25) is 4.79 Å². The van der Waals surface area contributed by atoms with E-state index in [4.69, 9.17) is 0 Å². The second kappa shape index (κ2) is 8.10. The summed E-state index contributed by atoms with van der Waals surface area (Å²) >= 11 is 0. The minimum Gasteiger partial charge on any atom is -0.321 e. The molecule has 0 atom stereocenters. The normalized spacial score (nSPS) is 11.8. The molecule has 0 fully saturated rings. The Bertz CT molecular complexity index is 1110. The summed E-state index contributed by atoms with van der Waals surface area (Å²) in [6, 6.07) is 15.6. The number of aromatic nitrogens is 2. The van der Waals surface area contributed by atoms with Crippen molar-refractivity contribution in [2.24, 2.45) is 0 Å². The average Bonchev–Trinajstić information content (AvgIpc) is 2.67. The summed E-state index contributed by atoms with van der Waals surface area (Å²) in [6.07, 6.45) is 2.82. The van der Waals surface area contributed by atoms with Crippen LogP contribution in [0.3, 0.4) is 0 Å². The van der Waals surface area contributed by atoms with E-state index in [9.17, 15) is 13.2 Å². The van der Waals surface area contributed by atoms with E-state index in [-0.39, 0.29) is 16.1 Å². The number of rotatable bonds is 5. The molecule has 0 spiro atoms. The molecule has 2 aromatic carbocycles. The Morgan fingerprint density at radius 2 is 1.48 bits per heavy atom. The van der Waals surface area contributed by atoms with Crippen LogP contribution < -0.4 is 10.0 Å². The lowest BCUT2D eigenvalue weighted by Crippen LogP contribution is -2.40. The topological polar surface area (TPSA) is 101 Å². The zero-order valence-corrected chi connectivity index (χ0v) is 17.2. The number of hydrogen-bond donors (Lipinski definition) is 2. The number of para-hydroxylation sites is 1. The van der Waals surface area contributed by atoms with Gasteiger partial charge in [0.25, 0.3) is 5.91 Å². The molecule has 7 nitrogen and oxygen atoms in total. The third-order valence-corrected chi connectivity index (χ3v) is 5.63. The lowest BCUT2D eigenvalue weighted by molar-refractivity contribution is 0.102. The second-order valence-electron chi connectivity index (χ2n) is 7.47. The van der Waals surface area contributed by atoms with Crippen molar-refractivity contribution < 1.29 is 13.2 Å². The first-order valence-corrected chi connectivity index (χ1v) is 10.5. The Hall–Kier alpha value is -3.10. The van der Waals surface area contributed by atoms with Gasteiger partial charge < -0.3 is 5.32 Å². The molecule has 1 amide bonds. The van der Waals surface area contributed by atoms with Crippen molar-refractivity contribution in [2.45, 2.75) is 31.2 Å². The maximum atomic E-state index is 12.7. The van der Waals surface area contributed by atoms with Crippen LogP contribution in [-0.2, 0) is 10.0 Å². The second-order valence-corrected chi connectivity index (χ2v) is 9.12. The minimum atomic E-state index is -3.82. The van der Waals surface area contributed by atoms with Gasteiger partial charge >= 0.3 is 0 Å². The molecule has 0 radical (unpaired) electrons. The molecule has 1 heterocycles. The highest BCUT2D eigenvalue weighted by Crippen LogP contribution is 2.23. The number of carbonyl (C=O) groups is 1. The first kappa shape index (κ1) is 20.6. The molecule has 0 saturated carbocycles. The lowest BCUT2D eigenvalue weighted by Gasteiger charge is -2.21. The van der Waals surface area contributed by atoms with Crippen LogP contribution >= 0.6 is 0 Å². The summed E-state index contributed by atoms with van der Waals surface area (Å²) in [4.78, 5) is 21.1. The molecular formula is C21H22N4O3S. The minimum absolute atomic E-state index is 0.00917. The number of amides is 1. The number of nitrogens with one attached hydrogen (secondary N) is 2. The highest BCUT2D eigenvalue weighted by Gasteiger charge is 2.25. The van der Waals surface area contributed by atoms with Crippen LogP contribution in [0.15, 0.2) is 71.9 Å². The number of nitrogens with zero attached hydrogens (tertiary/aromatic N) is 2. The van der Waals surface area contributed by atoms with Gasteiger partial charge in [0.2, 0.25) is 10.0 Å². The van der Waals surface area contributed by atoms with Crippen molar-refractivity contribution in [3.05, 3.63) is 72.6 Å². The van der Waals surface area contributed by atoms with E-state index in [1.165, 1.54) is 24.5 Å². The molecular weight excluding hydrogens is 388 g/mol.